The largest absolute Gasteiger partial charge is 0.422 e. The molecule has 16 heavy (non-hydrogen) atoms. The summed E-state index contributed by atoms with van der Waals surface area (Å²) in [5, 5.41) is 0. The lowest BCUT2D eigenvalue weighted by Gasteiger charge is -2.11. The van der Waals surface area contributed by atoms with Crippen LogP contribution < -0.4 is 11.3 Å². The van der Waals surface area contributed by atoms with E-state index >= 15 is 0 Å². The third-order valence-corrected chi connectivity index (χ3v) is 1.87. The van der Waals surface area contributed by atoms with Gasteiger partial charge in [0.05, 0.1) is 5.69 Å². The van der Waals surface area contributed by atoms with Gasteiger partial charge in [0.25, 0.3) is 12.0 Å². The Bertz CT molecular complexity index is 437. The number of aromatic amines is 1. The number of pyridine rings is 1. The lowest BCUT2D eigenvalue weighted by atomic mass is 10.1. The maximum Gasteiger partial charge on any atom is 0.422 e. The van der Waals surface area contributed by atoms with Gasteiger partial charge in [-0.15, -0.1) is 0 Å². The first kappa shape index (κ1) is 12.6. The molecule has 0 amide bonds. The molecule has 0 atom stereocenters. The highest BCUT2D eigenvalue weighted by Gasteiger charge is 2.37. The van der Waals surface area contributed by atoms with Crippen LogP contribution in [-0.4, -0.2) is 4.98 Å². The zero-order valence-corrected chi connectivity index (χ0v) is 7.74. The minimum atomic E-state index is -4.91. The highest BCUT2D eigenvalue weighted by Crippen LogP contribution is 2.30. The zero-order chi connectivity index (χ0) is 12.5. The fraction of sp³-hybridized carbons (Fsp3) is 0.375. The van der Waals surface area contributed by atoms with Gasteiger partial charge in [-0.05, 0) is 11.6 Å². The first-order chi connectivity index (χ1) is 7.27. The van der Waals surface area contributed by atoms with Crippen LogP contribution in [0.15, 0.2) is 10.9 Å². The Balaban J connectivity index is 3.47. The van der Waals surface area contributed by atoms with Crippen molar-refractivity contribution < 1.29 is 22.0 Å². The van der Waals surface area contributed by atoms with Crippen LogP contribution in [0, 0.1) is 0 Å². The van der Waals surface area contributed by atoms with Crippen molar-refractivity contribution >= 4 is 0 Å². The number of alkyl halides is 5. The fourth-order valence-corrected chi connectivity index (χ4v) is 1.22. The van der Waals surface area contributed by atoms with Crippen LogP contribution in [0.2, 0.25) is 0 Å². The average Bonchev–Trinajstić information content (AvgIpc) is 2.14. The molecule has 0 unspecified atom stereocenters. The van der Waals surface area contributed by atoms with Crippen molar-refractivity contribution in [3.05, 3.63) is 33.2 Å². The maximum atomic E-state index is 12.4. The van der Waals surface area contributed by atoms with Crippen molar-refractivity contribution in [2.45, 2.75) is 19.1 Å². The molecule has 3 nitrogen and oxygen atoms in total. The highest BCUT2D eigenvalue weighted by molar-refractivity contribution is 5.29. The Morgan fingerprint density at radius 2 is 1.94 bits per heavy atom. The molecule has 90 valence electrons. The van der Waals surface area contributed by atoms with Gasteiger partial charge in [0.15, 0.2) is 0 Å². The summed E-state index contributed by atoms with van der Waals surface area (Å²) in [5.74, 6) is 0. The molecule has 0 aliphatic carbocycles. The van der Waals surface area contributed by atoms with E-state index in [2.05, 4.69) is 0 Å². The molecule has 3 N–H and O–H groups in total. The Hall–Kier alpha value is -1.44. The molecule has 0 aliphatic rings. The van der Waals surface area contributed by atoms with Gasteiger partial charge < -0.3 is 10.7 Å². The molecule has 0 bridgehead atoms. The van der Waals surface area contributed by atoms with Crippen molar-refractivity contribution in [1.29, 1.82) is 0 Å². The summed E-state index contributed by atoms with van der Waals surface area (Å²) in [6, 6.07) is 0.550. The Morgan fingerprint density at radius 1 is 1.38 bits per heavy atom. The molecule has 1 heterocycles. The Kier molecular flexibility index (Phi) is 3.32. The van der Waals surface area contributed by atoms with Crippen LogP contribution in [0.3, 0.4) is 0 Å². The van der Waals surface area contributed by atoms with E-state index in [0.717, 1.165) is 0 Å². The minimum Gasteiger partial charge on any atom is -0.326 e. The first-order valence-electron chi connectivity index (χ1n) is 4.09. The summed E-state index contributed by atoms with van der Waals surface area (Å²) >= 11 is 0. The molecule has 0 radical (unpaired) electrons. The minimum absolute atomic E-state index is 0.550. The topological polar surface area (TPSA) is 58.9 Å². The Morgan fingerprint density at radius 3 is 2.31 bits per heavy atom. The normalized spacial score (nSPS) is 12.2. The zero-order valence-electron chi connectivity index (χ0n) is 7.74. The van der Waals surface area contributed by atoms with Crippen molar-refractivity contribution in [1.82, 2.24) is 4.98 Å². The van der Waals surface area contributed by atoms with E-state index in [1.807, 2.05) is 0 Å². The van der Waals surface area contributed by atoms with E-state index in [4.69, 9.17) is 5.73 Å². The molecule has 0 aromatic carbocycles. The standard InChI is InChI=1S/C8H7F5N2O/c9-6(10)4-1-3(2-14)5(7(16)15-4)8(11,12)13/h1,6H,2,14H2,(H,15,16). The second kappa shape index (κ2) is 4.20. The average molecular weight is 242 g/mol. The summed E-state index contributed by atoms with van der Waals surface area (Å²) in [7, 11) is 0. The van der Waals surface area contributed by atoms with E-state index in [1.54, 1.807) is 0 Å². The second-order valence-electron chi connectivity index (χ2n) is 2.96. The molecule has 0 saturated carbocycles. The number of hydrogen-bond acceptors (Lipinski definition) is 2. The quantitative estimate of drug-likeness (QED) is 0.777. The van der Waals surface area contributed by atoms with Crippen LogP contribution in [0.25, 0.3) is 0 Å². The van der Waals surface area contributed by atoms with Crippen LogP contribution in [-0.2, 0) is 12.7 Å². The SMILES string of the molecule is NCc1cc(C(F)F)[nH]c(=O)c1C(F)(F)F. The number of H-pyrrole nitrogens is 1. The number of halogens is 5. The van der Waals surface area contributed by atoms with Crippen molar-refractivity contribution in [3.63, 3.8) is 0 Å². The van der Waals surface area contributed by atoms with E-state index in [1.165, 1.54) is 4.98 Å². The second-order valence-corrected chi connectivity index (χ2v) is 2.96. The molecule has 0 saturated heterocycles. The van der Waals surface area contributed by atoms with Crippen molar-refractivity contribution in [2.75, 3.05) is 0 Å². The molecule has 0 aliphatic heterocycles. The molecule has 0 spiro atoms. The molecule has 1 rings (SSSR count). The van der Waals surface area contributed by atoms with E-state index in [-0.39, 0.29) is 0 Å². The highest BCUT2D eigenvalue weighted by atomic mass is 19.4. The molecule has 8 heteroatoms. The summed E-state index contributed by atoms with van der Waals surface area (Å²) in [6.07, 6.45) is -7.97. The summed E-state index contributed by atoms with van der Waals surface area (Å²) in [6.45, 7) is -0.640. The molecular formula is C8H7F5N2O. The number of aromatic nitrogens is 1. The molecule has 0 fully saturated rings. The van der Waals surface area contributed by atoms with Crippen LogP contribution in [0.1, 0.15) is 23.2 Å². The van der Waals surface area contributed by atoms with Gasteiger partial charge in [-0.2, -0.15) is 13.2 Å². The molecule has 1 aromatic rings. The Labute approximate surface area is 86.1 Å². The van der Waals surface area contributed by atoms with Gasteiger partial charge in [-0.25, -0.2) is 8.78 Å². The monoisotopic (exact) mass is 242 g/mol. The lowest BCUT2D eigenvalue weighted by molar-refractivity contribution is -0.139. The maximum absolute atomic E-state index is 12.4. The third-order valence-electron chi connectivity index (χ3n) is 1.87. The van der Waals surface area contributed by atoms with E-state index < -0.39 is 41.5 Å². The van der Waals surface area contributed by atoms with Gasteiger partial charge in [0.1, 0.15) is 5.56 Å². The summed E-state index contributed by atoms with van der Waals surface area (Å²) < 4.78 is 61.5. The van der Waals surface area contributed by atoms with E-state index in [9.17, 15) is 26.7 Å². The van der Waals surface area contributed by atoms with Crippen LogP contribution >= 0.6 is 0 Å². The number of nitrogens with one attached hydrogen (secondary N) is 1. The van der Waals surface area contributed by atoms with Crippen molar-refractivity contribution in [2.24, 2.45) is 5.73 Å². The smallest absolute Gasteiger partial charge is 0.326 e. The number of hydrogen-bond donors (Lipinski definition) is 2. The summed E-state index contributed by atoms with van der Waals surface area (Å²) in [5.41, 5.74) is 0.330. The number of nitrogens with two attached hydrogens (primary N) is 1. The number of rotatable bonds is 2. The van der Waals surface area contributed by atoms with E-state index in [0.29, 0.717) is 6.07 Å². The van der Waals surface area contributed by atoms with Gasteiger partial charge in [0, 0.05) is 6.54 Å². The summed E-state index contributed by atoms with van der Waals surface area (Å²) in [4.78, 5) is 12.5. The first-order valence-corrected chi connectivity index (χ1v) is 4.09. The van der Waals surface area contributed by atoms with Gasteiger partial charge in [-0.3, -0.25) is 4.79 Å². The third kappa shape index (κ3) is 2.38. The van der Waals surface area contributed by atoms with Crippen LogP contribution in [0.4, 0.5) is 22.0 Å². The van der Waals surface area contributed by atoms with Crippen molar-refractivity contribution in [3.8, 4) is 0 Å². The van der Waals surface area contributed by atoms with Crippen LogP contribution in [0.5, 0.6) is 0 Å². The predicted molar refractivity (Wildman–Crippen MR) is 44.9 cm³/mol. The van der Waals surface area contributed by atoms with Gasteiger partial charge in [0.2, 0.25) is 0 Å². The van der Waals surface area contributed by atoms with Gasteiger partial charge >= 0.3 is 6.18 Å². The molecule has 1 aromatic heterocycles. The molecular weight excluding hydrogens is 235 g/mol. The predicted octanol–water partition coefficient (Wildman–Crippen LogP) is 1.79. The lowest BCUT2D eigenvalue weighted by Crippen LogP contribution is -2.26. The van der Waals surface area contributed by atoms with Gasteiger partial charge in [-0.1, -0.05) is 0 Å². The fourth-order valence-electron chi connectivity index (χ4n) is 1.22.